The Morgan fingerprint density at radius 1 is 1.08 bits per heavy atom. The fourth-order valence-corrected chi connectivity index (χ4v) is 2.61. The van der Waals surface area contributed by atoms with Crippen LogP contribution >= 0.6 is 0 Å². The van der Waals surface area contributed by atoms with Gasteiger partial charge in [0.05, 0.1) is 25.2 Å². The van der Waals surface area contributed by atoms with Crippen molar-refractivity contribution in [2.24, 2.45) is 5.41 Å². The normalized spacial score (nSPS) is 12.3. The molecule has 1 atom stereocenters. The zero-order valence-electron chi connectivity index (χ0n) is 14.7. The Morgan fingerprint density at radius 3 is 2.25 bits per heavy atom. The van der Waals surface area contributed by atoms with Crippen molar-refractivity contribution in [1.82, 2.24) is 0 Å². The van der Waals surface area contributed by atoms with E-state index >= 15 is 0 Å². The number of rotatable bonds is 7. The molecule has 0 aliphatic carbocycles. The number of para-hydroxylation sites is 1. The van der Waals surface area contributed by atoms with Gasteiger partial charge in [-0.05, 0) is 50.6 Å². The van der Waals surface area contributed by atoms with Crippen molar-refractivity contribution in [3.63, 3.8) is 0 Å². The first-order chi connectivity index (χ1) is 11.5. The van der Waals surface area contributed by atoms with Crippen LogP contribution in [0.25, 0.3) is 0 Å². The quantitative estimate of drug-likeness (QED) is 0.764. The summed E-state index contributed by atoms with van der Waals surface area (Å²) >= 11 is 0. The smallest absolute Gasteiger partial charge is 0.313 e. The van der Waals surface area contributed by atoms with Crippen LogP contribution in [0.5, 0.6) is 5.75 Å². The van der Waals surface area contributed by atoms with E-state index in [1.165, 1.54) is 0 Å². The number of esters is 1. The van der Waals surface area contributed by atoms with Crippen LogP contribution in [0.3, 0.4) is 0 Å². The van der Waals surface area contributed by atoms with Crippen LogP contribution in [0, 0.1) is 5.41 Å². The molecule has 2 rings (SSSR count). The summed E-state index contributed by atoms with van der Waals surface area (Å²) in [7, 11) is 1.64. The summed E-state index contributed by atoms with van der Waals surface area (Å²) in [5.41, 5.74) is 1.22. The van der Waals surface area contributed by atoms with E-state index in [1.54, 1.807) is 7.11 Å². The molecule has 0 bridgehead atoms. The van der Waals surface area contributed by atoms with Crippen LogP contribution in [-0.2, 0) is 9.53 Å². The van der Waals surface area contributed by atoms with Gasteiger partial charge in [0.2, 0.25) is 0 Å². The van der Waals surface area contributed by atoms with Crippen LogP contribution in [0.4, 0.5) is 5.69 Å². The summed E-state index contributed by atoms with van der Waals surface area (Å²) in [5.74, 6) is 0.556. The van der Waals surface area contributed by atoms with E-state index in [0.717, 1.165) is 17.0 Å². The lowest BCUT2D eigenvalue weighted by molar-refractivity contribution is -0.154. The molecule has 2 aromatic carbocycles. The Kier molecular flexibility index (Phi) is 5.85. The fraction of sp³-hybridized carbons (Fsp3) is 0.350. The van der Waals surface area contributed by atoms with Gasteiger partial charge in [0.25, 0.3) is 0 Å². The Hall–Kier alpha value is -2.49. The SMILES string of the molecule is CCOC(=O)C(C)(C)C(Nc1ccccc1)c1ccc(OC)cc1. The van der Waals surface area contributed by atoms with Gasteiger partial charge in [0, 0.05) is 5.69 Å². The number of hydrogen-bond donors (Lipinski definition) is 1. The van der Waals surface area contributed by atoms with Crippen molar-refractivity contribution in [3.8, 4) is 5.75 Å². The zero-order chi connectivity index (χ0) is 17.6. The van der Waals surface area contributed by atoms with E-state index in [-0.39, 0.29) is 12.0 Å². The lowest BCUT2D eigenvalue weighted by atomic mass is 9.80. The molecule has 0 amide bonds. The Morgan fingerprint density at radius 2 is 1.71 bits per heavy atom. The number of hydrogen-bond acceptors (Lipinski definition) is 4. The molecule has 0 heterocycles. The molecule has 128 valence electrons. The largest absolute Gasteiger partial charge is 0.497 e. The predicted octanol–water partition coefficient (Wildman–Crippen LogP) is 4.44. The highest BCUT2D eigenvalue weighted by molar-refractivity contribution is 5.78. The molecule has 0 radical (unpaired) electrons. The van der Waals surface area contributed by atoms with Gasteiger partial charge in [-0.25, -0.2) is 0 Å². The maximum absolute atomic E-state index is 12.5. The van der Waals surface area contributed by atoms with Crippen LogP contribution in [-0.4, -0.2) is 19.7 Å². The van der Waals surface area contributed by atoms with Crippen LogP contribution < -0.4 is 10.1 Å². The molecule has 1 unspecified atom stereocenters. The minimum Gasteiger partial charge on any atom is -0.497 e. The molecule has 0 spiro atoms. The monoisotopic (exact) mass is 327 g/mol. The second-order valence-electron chi connectivity index (χ2n) is 6.16. The third-order valence-electron chi connectivity index (χ3n) is 4.06. The molecule has 0 aliphatic rings. The van der Waals surface area contributed by atoms with E-state index < -0.39 is 5.41 Å². The lowest BCUT2D eigenvalue weighted by Crippen LogP contribution is -2.37. The number of anilines is 1. The standard InChI is InChI=1S/C20H25NO3/c1-5-24-19(22)20(2,3)18(21-16-9-7-6-8-10-16)15-11-13-17(23-4)14-12-15/h6-14,18,21H,5H2,1-4H3. The molecule has 24 heavy (non-hydrogen) atoms. The fourth-order valence-electron chi connectivity index (χ4n) is 2.61. The molecular formula is C20H25NO3. The highest BCUT2D eigenvalue weighted by Gasteiger charge is 2.39. The van der Waals surface area contributed by atoms with Crippen molar-refractivity contribution < 1.29 is 14.3 Å². The Bertz CT molecular complexity index is 650. The molecule has 0 aromatic heterocycles. The van der Waals surface area contributed by atoms with Gasteiger partial charge < -0.3 is 14.8 Å². The van der Waals surface area contributed by atoms with E-state index in [1.807, 2.05) is 75.4 Å². The minimum atomic E-state index is -0.736. The van der Waals surface area contributed by atoms with E-state index in [9.17, 15) is 4.79 Å². The highest BCUT2D eigenvalue weighted by atomic mass is 16.5. The first-order valence-electron chi connectivity index (χ1n) is 8.11. The van der Waals surface area contributed by atoms with Crippen LogP contribution in [0.1, 0.15) is 32.4 Å². The van der Waals surface area contributed by atoms with E-state index in [2.05, 4.69) is 5.32 Å². The van der Waals surface area contributed by atoms with Crippen LogP contribution in [0.2, 0.25) is 0 Å². The van der Waals surface area contributed by atoms with Crippen molar-refractivity contribution in [2.45, 2.75) is 26.8 Å². The summed E-state index contributed by atoms with van der Waals surface area (Å²) in [5, 5.41) is 3.47. The number of benzene rings is 2. The number of methoxy groups -OCH3 is 1. The average molecular weight is 327 g/mol. The molecule has 4 nitrogen and oxygen atoms in total. The third kappa shape index (κ3) is 4.07. The highest BCUT2D eigenvalue weighted by Crippen LogP contribution is 2.38. The van der Waals surface area contributed by atoms with Gasteiger partial charge in [-0.15, -0.1) is 0 Å². The number of carbonyl (C=O) groups is 1. The summed E-state index contributed by atoms with van der Waals surface area (Å²) in [6.07, 6.45) is 0. The number of ether oxygens (including phenoxy) is 2. The Labute approximate surface area is 143 Å². The molecule has 0 fully saturated rings. The van der Waals surface area contributed by atoms with Gasteiger partial charge in [-0.2, -0.15) is 0 Å². The molecule has 2 aromatic rings. The number of carbonyl (C=O) groups excluding carboxylic acids is 1. The molecule has 0 saturated carbocycles. The van der Waals surface area contributed by atoms with E-state index in [0.29, 0.717) is 6.61 Å². The summed E-state index contributed by atoms with van der Waals surface area (Å²) in [6.45, 7) is 5.98. The van der Waals surface area contributed by atoms with Crippen LogP contribution in [0.15, 0.2) is 54.6 Å². The number of nitrogens with one attached hydrogen (secondary N) is 1. The molecule has 1 N–H and O–H groups in total. The average Bonchev–Trinajstić information content (AvgIpc) is 2.61. The van der Waals surface area contributed by atoms with Crippen molar-refractivity contribution in [1.29, 1.82) is 0 Å². The first-order valence-corrected chi connectivity index (χ1v) is 8.11. The molecule has 0 aliphatic heterocycles. The van der Waals surface area contributed by atoms with Gasteiger partial charge in [-0.3, -0.25) is 4.79 Å². The van der Waals surface area contributed by atoms with Gasteiger partial charge in [0.1, 0.15) is 5.75 Å². The third-order valence-corrected chi connectivity index (χ3v) is 4.06. The topological polar surface area (TPSA) is 47.6 Å². The molecule has 0 saturated heterocycles. The predicted molar refractivity (Wildman–Crippen MR) is 96.2 cm³/mol. The Balaban J connectivity index is 2.38. The molecular weight excluding hydrogens is 302 g/mol. The van der Waals surface area contributed by atoms with E-state index in [4.69, 9.17) is 9.47 Å². The van der Waals surface area contributed by atoms with Gasteiger partial charge in [-0.1, -0.05) is 30.3 Å². The van der Waals surface area contributed by atoms with Gasteiger partial charge in [0.15, 0.2) is 0 Å². The minimum absolute atomic E-state index is 0.228. The second-order valence-corrected chi connectivity index (χ2v) is 6.16. The maximum atomic E-state index is 12.5. The zero-order valence-corrected chi connectivity index (χ0v) is 14.7. The summed E-state index contributed by atoms with van der Waals surface area (Å²) in [6, 6.07) is 17.4. The first kappa shape index (κ1) is 17.9. The molecule has 4 heteroatoms. The van der Waals surface area contributed by atoms with Crippen molar-refractivity contribution >= 4 is 11.7 Å². The maximum Gasteiger partial charge on any atom is 0.313 e. The van der Waals surface area contributed by atoms with Crippen molar-refractivity contribution in [3.05, 3.63) is 60.2 Å². The van der Waals surface area contributed by atoms with Crippen molar-refractivity contribution in [2.75, 3.05) is 19.0 Å². The summed E-state index contributed by atoms with van der Waals surface area (Å²) < 4.78 is 10.5. The van der Waals surface area contributed by atoms with Gasteiger partial charge >= 0.3 is 5.97 Å². The lowest BCUT2D eigenvalue weighted by Gasteiger charge is -2.34. The summed E-state index contributed by atoms with van der Waals surface area (Å²) in [4.78, 5) is 12.5. The second kappa shape index (κ2) is 7.86.